The molecule has 4 rings (SSSR count). The minimum absolute atomic E-state index is 0.482. The van der Waals surface area contributed by atoms with Crippen LogP contribution < -0.4 is 10.1 Å². The van der Waals surface area contributed by atoms with E-state index in [4.69, 9.17) is 4.74 Å². The van der Waals surface area contributed by atoms with E-state index in [0.29, 0.717) is 6.61 Å². The molecule has 1 aliphatic carbocycles. The molecule has 28 heavy (non-hydrogen) atoms. The average Bonchev–Trinajstić information content (AvgIpc) is 3.18. The summed E-state index contributed by atoms with van der Waals surface area (Å²) < 4.78 is 5.90. The molecule has 2 unspecified atom stereocenters. The zero-order valence-corrected chi connectivity index (χ0v) is 16.7. The molecule has 148 valence electrons. The van der Waals surface area contributed by atoms with Gasteiger partial charge >= 0.3 is 0 Å². The summed E-state index contributed by atoms with van der Waals surface area (Å²) in [5.41, 5.74) is 2.12. The van der Waals surface area contributed by atoms with Gasteiger partial charge in [0.15, 0.2) is 5.96 Å². The van der Waals surface area contributed by atoms with Crippen molar-refractivity contribution in [2.24, 2.45) is 16.8 Å². The Labute approximate surface area is 167 Å². The first-order valence-corrected chi connectivity index (χ1v) is 10.4. The van der Waals surface area contributed by atoms with Crippen molar-refractivity contribution in [3.63, 3.8) is 0 Å². The average molecular weight is 379 g/mol. The summed E-state index contributed by atoms with van der Waals surface area (Å²) in [4.78, 5) is 11.3. The number of likely N-dealkylation sites (tertiary alicyclic amines) is 1. The highest BCUT2D eigenvalue weighted by atomic mass is 16.5. The van der Waals surface area contributed by atoms with Gasteiger partial charge in [-0.3, -0.25) is 9.98 Å². The van der Waals surface area contributed by atoms with Crippen LogP contribution in [0.15, 0.2) is 53.7 Å². The van der Waals surface area contributed by atoms with E-state index >= 15 is 0 Å². The summed E-state index contributed by atoms with van der Waals surface area (Å²) in [5, 5.41) is 3.55. The number of nitrogens with one attached hydrogen (secondary N) is 1. The van der Waals surface area contributed by atoms with Gasteiger partial charge in [0.25, 0.3) is 0 Å². The first-order valence-electron chi connectivity index (χ1n) is 10.4. The molecule has 1 aromatic carbocycles. The van der Waals surface area contributed by atoms with Gasteiger partial charge in [0.1, 0.15) is 12.4 Å². The van der Waals surface area contributed by atoms with Crippen LogP contribution in [0.5, 0.6) is 5.75 Å². The third-order valence-electron chi connectivity index (χ3n) is 5.95. The molecule has 0 spiro atoms. The molecule has 2 heterocycles. The molecule has 1 N–H and O–H groups in total. The molecule has 2 atom stereocenters. The van der Waals surface area contributed by atoms with Crippen molar-refractivity contribution >= 4 is 5.96 Å². The van der Waals surface area contributed by atoms with Gasteiger partial charge in [-0.15, -0.1) is 0 Å². The Bertz CT molecular complexity index is 778. The quantitative estimate of drug-likeness (QED) is 0.634. The van der Waals surface area contributed by atoms with Crippen LogP contribution in [0.3, 0.4) is 0 Å². The molecule has 2 aliphatic rings. The molecular weight excluding hydrogens is 348 g/mol. The highest BCUT2D eigenvalue weighted by Crippen LogP contribution is 2.35. The number of aromatic nitrogens is 1. The van der Waals surface area contributed by atoms with Crippen LogP contribution in [0.4, 0.5) is 0 Å². The van der Waals surface area contributed by atoms with Crippen LogP contribution in [0.2, 0.25) is 0 Å². The second kappa shape index (κ2) is 9.09. The van der Waals surface area contributed by atoms with Gasteiger partial charge in [0.2, 0.25) is 0 Å². The topological polar surface area (TPSA) is 49.8 Å². The predicted molar refractivity (Wildman–Crippen MR) is 112 cm³/mol. The largest absolute Gasteiger partial charge is 0.487 e. The lowest BCUT2D eigenvalue weighted by Gasteiger charge is -2.22. The van der Waals surface area contributed by atoms with E-state index in [-0.39, 0.29) is 0 Å². The number of aliphatic imine (C=N–C) groups is 1. The molecule has 1 saturated heterocycles. The predicted octanol–water partition coefficient (Wildman–Crippen LogP) is 3.86. The fraction of sp³-hybridized carbons (Fsp3) is 0.478. The molecule has 5 heteroatoms. The standard InChI is InChI=1S/C23H30N4O/c1-24-23(27-15-19-8-2-3-9-20(19)16-27)26-14-18-7-6-11-22(13-18)28-17-21-10-4-5-12-25-21/h4-7,10-13,19-20H,2-3,8-9,14-17H2,1H3,(H,24,26). The number of rotatable bonds is 5. The fourth-order valence-corrected chi connectivity index (χ4v) is 4.48. The summed E-state index contributed by atoms with van der Waals surface area (Å²) in [6.45, 7) is 3.53. The molecule has 1 saturated carbocycles. The van der Waals surface area contributed by atoms with Gasteiger partial charge in [-0.2, -0.15) is 0 Å². The summed E-state index contributed by atoms with van der Waals surface area (Å²) in [6.07, 6.45) is 7.35. The van der Waals surface area contributed by atoms with Crippen molar-refractivity contribution in [2.45, 2.75) is 38.8 Å². The van der Waals surface area contributed by atoms with Crippen LogP contribution in [0.1, 0.15) is 36.9 Å². The van der Waals surface area contributed by atoms with E-state index in [1.54, 1.807) is 6.20 Å². The van der Waals surface area contributed by atoms with Crippen LogP contribution >= 0.6 is 0 Å². The maximum Gasteiger partial charge on any atom is 0.193 e. The number of guanidine groups is 1. The van der Waals surface area contributed by atoms with Crippen molar-refractivity contribution in [1.29, 1.82) is 0 Å². The number of hydrogen-bond acceptors (Lipinski definition) is 3. The molecule has 1 aliphatic heterocycles. The monoisotopic (exact) mass is 378 g/mol. The van der Waals surface area contributed by atoms with E-state index in [2.05, 4.69) is 32.3 Å². The lowest BCUT2D eigenvalue weighted by Crippen LogP contribution is -2.39. The maximum absolute atomic E-state index is 5.90. The fourth-order valence-electron chi connectivity index (χ4n) is 4.48. The number of benzene rings is 1. The lowest BCUT2D eigenvalue weighted by molar-refractivity contribution is 0.299. The highest BCUT2D eigenvalue weighted by molar-refractivity contribution is 5.80. The molecule has 0 bridgehead atoms. The Balaban J connectivity index is 1.31. The normalized spacial score (nSPS) is 22.0. The summed E-state index contributed by atoms with van der Waals surface area (Å²) in [6, 6.07) is 14.1. The molecule has 2 fully saturated rings. The van der Waals surface area contributed by atoms with Crippen LogP contribution in [-0.2, 0) is 13.2 Å². The second-order valence-electron chi connectivity index (χ2n) is 7.87. The molecular formula is C23H30N4O. The van der Waals surface area contributed by atoms with Crippen LogP contribution in [0, 0.1) is 11.8 Å². The van der Waals surface area contributed by atoms with E-state index < -0.39 is 0 Å². The highest BCUT2D eigenvalue weighted by Gasteiger charge is 2.35. The minimum atomic E-state index is 0.482. The third-order valence-corrected chi connectivity index (χ3v) is 5.95. The zero-order valence-electron chi connectivity index (χ0n) is 16.7. The van der Waals surface area contributed by atoms with Gasteiger partial charge in [-0.1, -0.05) is 31.0 Å². The van der Waals surface area contributed by atoms with Gasteiger partial charge in [0.05, 0.1) is 5.69 Å². The number of pyridine rings is 1. The lowest BCUT2D eigenvalue weighted by atomic mass is 9.82. The molecule has 0 amide bonds. The van der Waals surface area contributed by atoms with Crippen molar-refractivity contribution in [1.82, 2.24) is 15.2 Å². The van der Waals surface area contributed by atoms with Gasteiger partial charge in [-0.05, 0) is 54.5 Å². The minimum Gasteiger partial charge on any atom is -0.487 e. The summed E-state index contributed by atoms with van der Waals surface area (Å²) in [5.74, 6) is 3.60. The Hall–Kier alpha value is -2.56. The first kappa shape index (κ1) is 18.8. The van der Waals surface area contributed by atoms with E-state index in [0.717, 1.165) is 48.9 Å². The van der Waals surface area contributed by atoms with Crippen LogP contribution in [-0.4, -0.2) is 36.0 Å². The SMILES string of the molecule is CN=C(NCc1cccc(OCc2ccccn2)c1)N1CC2CCCCC2C1. The van der Waals surface area contributed by atoms with Crippen molar-refractivity contribution in [3.8, 4) is 5.75 Å². The second-order valence-corrected chi connectivity index (χ2v) is 7.87. The summed E-state index contributed by atoms with van der Waals surface area (Å²) in [7, 11) is 1.89. The number of ether oxygens (including phenoxy) is 1. The van der Waals surface area contributed by atoms with Crippen molar-refractivity contribution in [3.05, 3.63) is 59.9 Å². The molecule has 0 radical (unpaired) electrons. The Kier molecular flexibility index (Phi) is 6.10. The van der Waals surface area contributed by atoms with E-state index in [9.17, 15) is 0 Å². The third kappa shape index (κ3) is 4.64. The zero-order chi connectivity index (χ0) is 19.2. The Morgan fingerprint density at radius 3 is 2.68 bits per heavy atom. The van der Waals surface area contributed by atoms with Gasteiger partial charge in [0, 0.05) is 32.9 Å². The Morgan fingerprint density at radius 2 is 1.96 bits per heavy atom. The summed E-state index contributed by atoms with van der Waals surface area (Å²) >= 11 is 0. The van der Waals surface area contributed by atoms with Gasteiger partial charge < -0.3 is 15.0 Å². The molecule has 5 nitrogen and oxygen atoms in total. The number of fused-ring (bicyclic) bond motifs is 1. The number of hydrogen-bond donors (Lipinski definition) is 1. The van der Waals surface area contributed by atoms with Crippen LogP contribution in [0.25, 0.3) is 0 Å². The number of nitrogens with zero attached hydrogens (tertiary/aromatic N) is 3. The van der Waals surface area contributed by atoms with Crippen molar-refractivity contribution in [2.75, 3.05) is 20.1 Å². The maximum atomic E-state index is 5.90. The van der Waals surface area contributed by atoms with Gasteiger partial charge in [-0.25, -0.2) is 0 Å². The molecule has 1 aromatic heterocycles. The first-order chi connectivity index (χ1) is 13.8. The Morgan fingerprint density at radius 1 is 1.14 bits per heavy atom. The molecule has 2 aromatic rings. The van der Waals surface area contributed by atoms with Crippen molar-refractivity contribution < 1.29 is 4.74 Å². The van der Waals surface area contributed by atoms with E-state index in [1.165, 1.54) is 31.2 Å². The smallest absolute Gasteiger partial charge is 0.193 e. The van der Waals surface area contributed by atoms with E-state index in [1.807, 2.05) is 37.4 Å².